The van der Waals surface area contributed by atoms with E-state index in [1.54, 1.807) is 11.8 Å². The fourth-order valence-corrected chi connectivity index (χ4v) is 4.66. The van der Waals surface area contributed by atoms with Crippen molar-refractivity contribution in [2.75, 3.05) is 39.4 Å². The van der Waals surface area contributed by atoms with Crippen LogP contribution in [-0.4, -0.2) is 66.0 Å². The molecular weight excluding hydrogens is 378 g/mol. The average Bonchev–Trinajstić information content (AvgIpc) is 3.33. The van der Waals surface area contributed by atoms with Gasteiger partial charge >= 0.3 is 0 Å². The van der Waals surface area contributed by atoms with E-state index in [0.717, 1.165) is 23.3 Å². The number of aryl methyl sites for hydroxylation is 2. The van der Waals surface area contributed by atoms with Crippen molar-refractivity contribution in [3.05, 3.63) is 39.2 Å². The topological polar surface area (TPSA) is 75.9 Å². The molecule has 0 aromatic carbocycles. The third-order valence-electron chi connectivity index (χ3n) is 5.50. The summed E-state index contributed by atoms with van der Waals surface area (Å²) in [6, 6.07) is 1.98. The van der Waals surface area contributed by atoms with Gasteiger partial charge in [-0.25, -0.2) is 4.98 Å². The second-order valence-electron chi connectivity index (χ2n) is 7.36. The number of aromatic nitrogens is 1. The van der Waals surface area contributed by atoms with Gasteiger partial charge in [0.2, 0.25) is 0 Å². The number of ether oxygens (including phenoxy) is 1. The first-order chi connectivity index (χ1) is 13.5. The van der Waals surface area contributed by atoms with Crippen LogP contribution in [0.2, 0.25) is 0 Å². The van der Waals surface area contributed by atoms with Gasteiger partial charge in [-0.05, 0) is 43.7 Å². The van der Waals surface area contributed by atoms with Crippen LogP contribution in [0.3, 0.4) is 0 Å². The van der Waals surface area contributed by atoms with Gasteiger partial charge in [0, 0.05) is 32.1 Å². The minimum absolute atomic E-state index is 0.0865. The van der Waals surface area contributed by atoms with E-state index in [4.69, 9.17) is 9.15 Å². The Labute approximate surface area is 168 Å². The summed E-state index contributed by atoms with van der Waals surface area (Å²) in [5, 5.41) is 1.96. The normalized spacial score (nSPS) is 18.5. The molecule has 2 aliphatic rings. The molecular formula is C20H25N3O4S. The number of rotatable bonds is 3. The van der Waals surface area contributed by atoms with E-state index in [-0.39, 0.29) is 17.7 Å². The molecule has 0 radical (unpaired) electrons. The fourth-order valence-electron chi connectivity index (χ4n) is 3.77. The van der Waals surface area contributed by atoms with Gasteiger partial charge in [0.15, 0.2) is 11.6 Å². The molecule has 150 valence electrons. The van der Waals surface area contributed by atoms with Gasteiger partial charge in [0.05, 0.1) is 18.1 Å². The molecule has 0 unspecified atom stereocenters. The summed E-state index contributed by atoms with van der Waals surface area (Å²) >= 11 is 1.50. The van der Waals surface area contributed by atoms with Crippen LogP contribution < -0.4 is 0 Å². The molecule has 0 saturated carbocycles. The van der Waals surface area contributed by atoms with Crippen molar-refractivity contribution in [3.63, 3.8) is 0 Å². The standard InChI is InChI=1S/C20H25N3O4S/c1-13-5-12-28-17(13)20(25)22-6-3-15(4-7-22)18-21-16(14(2)27-18)19(24)23-8-10-26-11-9-23/h5,12,15H,3-4,6-11H2,1-2H3. The van der Waals surface area contributed by atoms with E-state index in [9.17, 15) is 9.59 Å². The third kappa shape index (κ3) is 3.71. The van der Waals surface area contributed by atoms with E-state index in [0.29, 0.717) is 56.7 Å². The van der Waals surface area contributed by atoms with Crippen molar-refractivity contribution in [3.8, 4) is 0 Å². The molecule has 8 heteroatoms. The van der Waals surface area contributed by atoms with E-state index in [1.807, 2.05) is 23.3 Å². The Morgan fingerprint density at radius 1 is 1.07 bits per heavy atom. The van der Waals surface area contributed by atoms with Crippen molar-refractivity contribution in [2.24, 2.45) is 0 Å². The summed E-state index contributed by atoms with van der Waals surface area (Å²) in [6.07, 6.45) is 1.59. The Hall–Kier alpha value is -2.19. The number of nitrogens with zero attached hydrogens (tertiary/aromatic N) is 3. The van der Waals surface area contributed by atoms with Crippen LogP contribution in [0.4, 0.5) is 0 Å². The molecule has 0 N–H and O–H groups in total. The zero-order chi connectivity index (χ0) is 19.7. The highest BCUT2D eigenvalue weighted by Crippen LogP contribution is 2.30. The van der Waals surface area contributed by atoms with E-state index < -0.39 is 0 Å². The number of carbonyl (C=O) groups excluding carboxylic acids is 2. The largest absolute Gasteiger partial charge is 0.445 e. The number of amides is 2. The lowest BCUT2D eigenvalue weighted by atomic mass is 9.96. The number of hydrogen-bond acceptors (Lipinski definition) is 6. The molecule has 0 spiro atoms. The van der Waals surface area contributed by atoms with Gasteiger partial charge in [-0.3, -0.25) is 9.59 Å². The molecule has 0 bridgehead atoms. The first-order valence-electron chi connectivity index (χ1n) is 9.72. The molecule has 4 heterocycles. The molecule has 28 heavy (non-hydrogen) atoms. The molecule has 2 aromatic rings. The van der Waals surface area contributed by atoms with Crippen LogP contribution in [0.5, 0.6) is 0 Å². The SMILES string of the molecule is Cc1ccsc1C(=O)N1CCC(c2nc(C(=O)N3CCOCC3)c(C)o2)CC1. The van der Waals surface area contributed by atoms with Gasteiger partial charge in [-0.1, -0.05) is 0 Å². The maximum Gasteiger partial charge on any atom is 0.276 e. The van der Waals surface area contributed by atoms with Crippen molar-refractivity contribution in [1.29, 1.82) is 0 Å². The minimum atomic E-state index is -0.0865. The molecule has 0 aliphatic carbocycles. The lowest BCUT2D eigenvalue weighted by molar-refractivity contribution is 0.0298. The predicted octanol–water partition coefficient (Wildman–Crippen LogP) is 2.85. The number of thiophene rings is 1. The van der Waals surface area contributed by atoms with Crippen LogP contribution in [0.1, 0.15) is 56.1 Å². The smallest absolute Gasteiger partial charge is 0.276 e. The second kappa shape index (κ2) is 8.05. The number of piperidine rings is 1. The maximum absolute atomic E-state index is 12.7. The number of morpholine rings is 1. The van der Waals surface area contributed by atoms with Crippen molar-refractivity contribution in [1.82, 2.24) is 14.8 Å². The van der Waals surface area contributed by atoms with Crippen molar-refractivity contribution in [2.45, 2.75) is 32.6 Å². The molecule has 2 amide bonds. The van der Waals surface area contributed by atoms with Gasteiger partial charge in [-0.2, -0.15) is 0 Å². The van der Waals surface area contributed by atoms with Crippen LogP contribution in [0, 0.1) is 13.8 Å². The zero-order valence-electron chi connectivity index (χ0n) is 16.3. The van der Waals surface area contributed by atoms with Gasteiger partial charge < -0.3 is 19.0 Å². The molecule has 2 aromatic heterocycles. The lowest BCUT2D eigenvalue weighted by Gasteiger charge is -2.30. The highest BCUT2D eigenvalue weighted by Gasteiger charge is 2.31. The zero-order valence-corrected chi connectivity index (χ0v) is 17.1. The van der Waals surface area contributed by atoms with Gasteiger partial charge in [0.25, 0.3) is 11.8 Å². The Balaban J connectivity index is 1.40. The summed E-state index contributed by atoms with van der Waals surface area (Å²) < 4.78 is 11.2. The van der Waals surface area contributed by atoms with Gasteiger partial charge in [0.1, 0.15) is 5.76 Å². The highest BCUT2D eigenvalue weighted by molar-refractivity contribution is 7.12. The van der Waals surface area contributed by atoms with Crippen molar-refractivity contribution >= 4 is 23.2 Å². The molecule has 0 atom stereocenters. The first-order valence-corrected chi connectivity index (χ1v) is 10.6. The Morgan fingerprint density at radius 3 is 2.39 bits per heavy atom. The molecule has 7 nitrogen and oxygen atoms in total. The quantitative estimate of drug-likeness (QED) is 0.788. The number of likely N-dealkylation sites (tertiary alicyclic amines) is 1. The Bertz CT molecular complexity index is 861. The first kappa shape index (κ1) is 19.1. The Morgan fingerprint density at radius 2 is 1.75 bits per heavy atom. The number of oxazole rings is 1. The molecule has 2 fully saturated rings. The van der Waals surface area contributed by atoms with Crippen LogP contribution in [0.25, 0.3) is 0 Å². The molecule has 2 aliphatic heterocycles. The fraction of sp³-hybridized carbons (Fsp3) is 0.550. The summed E-state index contributed by atoms with van der Waals surface area (Å²) in [5.41, 5.74) is 1.44. The van der Waals surface area contributed by atoms with Gasteiger partial charge in [-0.15, -0.1) is 11.3 Å². The van der Waals surface area contributed by atoms with Crippen molar-refractivity contribution < 1.29 is 18.7 Å². The highest BCUT2D eigenvalue weighted by atomic mass is 32.1. The van der Waals surface area contributed by atoms with E-state index in [2.05, 4.69) is 4.98 Å². The lowest BCUT2D eigenvalue weighted by Crippen LogP contribution is -2.41. The maximum atomic E-state index is 12.7. The average molecular weight is 404 g/mol. The second-order valence-corrected chi connectivity index (χ2v) is 8.28. The number of carbonyl (C=O) groups is 2. The van der Waals surface area contributed by atoms with E-state index >= 15 is 0 Å². The summed E-state index contributed by atoms with van der Waals surface area (Å²) in [7, 11) is 0. The monoisotopic (exact) mass is 403 g/mol. The summed E-state index contributed by atoms with van der Waals surface area (Å²) in [5.74, 6) is 1.35. The van der Waals surface area contributed by atoms with Crippen LogP contribution >= 0.6 is 11.3 Å². The predicted molar refractivity (Wildman–Crippen MR) is 105 cm³/mol. The number of hydrogen-bond donors (Lipinski definition) is 0. The minimum Gasteiger partial charge on any atom is -0.445 e. The third-order valence-corrected chi connectivity index (χ3v) is 6.51. The molecule has 4 rings (SSSR count). The molecule has 2 saturated heterocycles. The summed E-state index contributed by atoms with van der Waals surface area (Å²) in [4.78, 5) is 34.4. The Kier molecular flexibility index (Phi) is 5.50. The van der Waals surface area contributed by atoms with Crippen LogP contribution in [0.15, 0.2) is 15.9 Å². The van der Waals surface area contributed by atoms with E-state index in [1.165, 1.54) is 11.3 Å². The van der Waals surface area contributed by atoms with Crippen LogP contribution in [-0.2, 0) is 4.74 Å². The summed E-state index contributed by atoms with van der Waals surface area (Å²) in [6.45, 7) is 7.41.